The summed E-state index contributed by atoms with van der Waals surface area (Å²) in [5.41, 5.74) is 1.37. The van der Waals surface area contributed by atoms with Crippen LogP contribution in [-0.2, 0) is 22.0 Å². The third-order valence-electron chi connectivity index (χ3n) is 5.12. The van der Waals surface area contributed by atoms with Gasteiger partial charge in [-0.1, -0.05) is 57.5 Å². The van der Waals surface area contributed by atoms with Crippen molar-refractivity contribution in [2.24, 2.45) is 5.41 Å². The van der Waals surface area contributed by atoms with Gasteiger partial charge in [-0.05, 0) is 36.8 Å². The van der Waals surface area contributed by atoms with E-state index < -0.39 is 10.8 Å². The van der Waals surface area contributed by atoms with Crippen LogP contribution in [-0.4, -0.2) is 45.8 Å². The second kappa shape index (κ2) is 10.4. The van der Waals surface area contributed by atoms with E-state index in [0.29, 0.717) is 18.9 Å². The van der Waals surface area contributed by atoms with E-state index in [1.165, 1.54) is 19.3 Å². The molecule has 1 aliphatic heterocycles. The zero-order valence-electron chi connectivity index (χ0n) is 17.4. The second-order valence-corrected chi connectivity index (χ2v) is 10.5. The van der Waals surface area contributed by atoms with Crippen molar-refractivity contribution >= 4 is 16.7 Å². The van der Waals surface area contributed by atoms with Crippen LogP contribution in [0.4, 0.5) is 0 Å². The zero-order chi connectivity index (χ0) is 19.9. The Morgan fingerprint density at radius 2 is 1.96 bits per heavy atom. The Labute approximate surface area is 167 Å². The summed E-state index contributed by atoms with van der Waals surface area (Å²) >= 11 is 0. The molecule has 2 rings (SSSR count). The van der Waals surface area contributed by atoms with Crippen LogP contribution in [0, 0.1) is 5.41 Å². The Morgan fingerprint density at radius 1 is 1.26 bits per heavy atom. The second-order valence-electron chi connectivity index (χ2n) is 8.96. The van der Waals surface area contributed by atoms with Crippen LogP contribution in [0.2, 0.25) is 0 Å². The lowest BCUT2D eigenvalue weighted by atomic mass is 9.91. The Bertz CT molecular complexity index is 612. The third-order valence-corrected chi connectivity index (χ3v) is 6.20. The van der Waals surface area contributed by atoms with E-state index in [1.807, 2.05) is 30.3 Å². The van der Waals surface area contributed by atoms with Crippen LogP contribution in [0.3, 0.4) is 0 Å². The molecule has 0 aliphatic carbocycles. The van der Waals surface area contributed by atoms with Gasteiger partial charge in [0.05, 0.1) is 0 Å². The Balaban J connectivity index is 1.86. The lowest BCUT2D eigenvalue weighted by Crippen LogP contribution is -2.45. The number of benzene rings is 1. The average molecular weight is 393 g/mol. The zero-order valence-corrected chi connectivity index (χ0v) is 18.2. The van der Waals surface area contributed by atoms with Gasteiger partial charge in [-0.25, -0.2) is 0 Å². The van der Waals surface area contributed by atoms with Crippen molar-refractivity contribution in [3.8, 4) is 0 Å². The summed E-state index contributed by atoms with van der Waals surface area (Å²) in [5, 5.41) is 2.69. The molecule has 0 radical (unpaired) electrons. The van der Waals surface area contributed by atoms with Gasteiger partial charge >= 0.3 is 0 Å². The summed E-state index contributed by atoms with van der Waals surface area (Å²) in [4.78, 5) is 15.1. The van der Waals surface area contributed by atoms with E-state index in [4.69, 9.17) is 0 Å². The quantitative estimate of drug-likeness (QED) is 0.733. The summed E-state index contributed by atoms with van der Waals surface area (Å²) in [6.45, 7) is 9.04. The number of carbonyl (C=O) groups excluding carboxylic acids is 1. The minimum atomic E-state index is -1.10. The predicted molar refractivity (Wildman–Crippen MR) is 114 cm³/mol. The SMILES string of the molecule is CS(=O)C(Cc1ccccc1)NC(=O)CCC1CCCCN1CC(C)(C)C. The van der Waals surface area contributed by atoms with Crippen LogP contribution in [0.5, 0.6) is 0 Å². The molecule has 5 heteroatoms. The summed E-state index contributed by atoms with van der Waals surface area (Å²) in [5.74, 6) is 0.0208. The number of hydrogen-bond donors (Lipinski definition) is 1. The van der Waals surface area contributed by atoms with Crippen molar-refractivity contribution in [1.29, 1.82) is 0 Å². The van der Waals surface area contributed by atoms with Gasteiger partial charge in [-0.3, -0.25) is 13.9 Å². The van der Waals surface area contributed by atoms with Gasteiger partial charge in [0.1, 0.15) is 5.37 Å². The van der Waals surface area contributed by atoms with Gasteiger partial charge in [-0.2, -0.15) is 0 Å². The molecule has 0 aromatic heterocycles. The van der Waals surface area contributed by atoms with E-state index in [1.54, 1.807) is 6.26 Å². The summed E-state index contributed by atoms with van der Waals surface area (Å²) < 4.78 is 12.1. The fourth-order valence-electron chi connectivity index (χ4n) is 3.83. The third kappa shape index (κ3) is 8.14. The van der Waals surface area contributed by atoms with Gasteiger partial charge in [0.25, 0.3) is 0 Å². The van der Waals surface area contributed by atoms with Crippen molar-refractivity contribution in [2.45, 2.75) is 70.7 Å². The smallest absolute Gasteiger partial charge is 0.221 e. The maximum Gasteiger partial charge on any atom is 0.221 e. The molecule has 27 heavy (non-hydrogen) atoms. The lowest BCUT2D eigenvalue weighted by Gasteiger charge is -2.39. The molecule has 4 nitrogen and oxygen atoms in total. The standard InChI is InChI=1S/C22H36N2O2S/c1-22(2,3)17-24-15-9-8-12-19(24)13-14-20(25)23-21(27(4)26)16-18-10-6-5-7-11-18/h5-7,10-11,19,21H,8-9,12-17H2,1-4H3,(H,23,25). The molecule has 1 aliphatic rings. The van der Waals surface area contributed by atoms with Gasteiger partial charge in [0.15, 0.2) is 0 Å². The fourth-order valence-corrected chi connectivity index (χ4v) is 4.56. The highest BCUT2D eigenvalue weighted by molar-refractivity contribution is 7.84. The molecule has 1 heterocycles. The van der Waals surface area contributed by atoms with Gasteiger partial charge in [0, 0.05) is 42.5 Å². The molecule has 1 amide bonds. The first-order valence-electron chi connectivity index (χ1n) is 10.1. The van der Waals surface area contributed by atoms with Crippen LogP contribution >= 0.6 is 0 Å². The van der Waals surface area contributed by atoms with E-state index in [-0.39, 0.29) is 16.7 Å². The highest BCUT2D eigenvalue weighted by atomic mass is 32.2. The molecule has 3 atom stereocenters. The van der Waals surface area contributed by atoms with E-state index in [2.05, 4.69) is 31.0 Å². The molecule has 0 spiro atoms. The van der Waals surface area contributed by atoms with E-state index in [9.17, 15) is 9.00 Å². The van der Waals surface area contributed by atoms with Gasteiger partial charge in [-0.15, -0.1) is 0 Å². The summed E-state index contributed by atoms with van der Waals surface area (Å²) in [6.07, 6.45) is 7.35. The maximum atomic E-state index is 12.5. The number of nitrogens with zero attached hydrogens (tertiary/aromatic N) is 1. The molecule has 3 unspecified atom stereocenters. The summed E-state index contributed by atoms with van der Waals surface area (Å²) in [6, 6.07) is 10.4. The van der Waals surface area contributed by atoms with Crippen molar-refractivity contribution in [1.82, 2.24) is 10.2 Å². The van der Waals surface area contributed by atoms with Crippen molar-refractivity contribution in [3.63, 3.8) is 0 Å². The Kier molecular flexibility index (Phi) is 8.49. The van der Waals surface area contributed by atoms with Crippen molar-refractivity contribution in [3.05, 3.63) is 35.9 Å². The minimum Gasteiger partial charge on any atom is -0.341 e. The number of carbonyl (C=O) groups is 1. The highest BCUT2D eigenvalue weighted by Gasteiger charge is 2.27. The number of rotatable bonds is 8. The van der Waals surface area contributed by atoms with Crippen LogP contribution in [0.25, 0.3) is 0 Å². The highest BCUT2D eigenvalue weighted by Crippen LogP contribution is 2.25. The van der Waals surface area contributed by atoms with Crippen molar-refractivity contribution < 1.29 is 9.00 Å². The van der Waals surface area contributed by atoms with Crippen LogP contribution in [0.15, 0.2) is 30.3 Å². The molecule has 1 aromatic carbocycles. The molecule has 0 saturated carbocycles. The van der Waals surface area contributed by atoms with E-state index >= 15 is 0 Å². The van der Waals surface area contributed by atoms with Crippen LogP contribution < -0.4 is 5.32 Å². The van der Waals surface area contributed by atoms with Gasteiger partial charge < -0.3 is 5.32 Å². The first-order chi connectivity index (χ1) is 12.7. The van der Waals surface area contributed by atoms with Crippen molar-refractivity contribution in [2.75, 3.05) is 19.3 Å². The molecule has 1 N–H and O–H groups in total. The molecule has 1 aromatic rings. The Morgan fingerprint density at radius 3 is 2.59 bits per heavy atom. The lowest BCUT2D eigenvalue weighted by molar-refractivity contribution is -0.121. The van der Waals surface area contributed by atoms with Crippen LogP contribution in [0.1, 0.15) is 58.4 Å². The number of likely N-dealkylation sites (tertiary alicyclic amines) is 1. The Hall–Kier alpha value is -1.20. The molecular weight excluding hydrogens is 356 g/mol. The average Bonchev–Trinajstić information content (AvgIpc) is 2.60. The monoisotopic (exact) mass is 392 g/mol. The molecule has 1 saturated heterocycles. The predicted octanol–water partition coefficient (Wildman–Crippen LogP) is 3.73. The largest absolute Gasteiger partial charge is 0.341 e. The first-order valence-corrected chi connectivity index (χ1v) is 11.8. The fraction of sp³-hybridized carbons (Fsp3) is 0.682. The number of amides is 1. The topological polar surface area (TPSA) is 49.4 Å². The minimum absolute atomic E-state index is 0.0208. The molecular formula is C22H36N2O2S. The summed E-state index contributed by atoms with van der Waals surface area (Å²) in [7, 11) is -1.10. The molecule has 1 fully saturated rings. The number of piperidine rings is 1. The number of nitrogens with one attached hydrogen (secondary N) is 1. The number of hydrogen-bond acceptors (Lipinski definition) is 3. The van der Waals surface area contributed by atoms with E-state index in [0.717, 1.165) is 25.1 Å². The normalized spacial score (nSPS) is 20.8. The van der Waals surface area contributed by atoms with Gasteiger partial charge in [0.2, 0.25) is 5.91 Å². The maximum absolute atomic E-state index is 12.5. The first kappa shape index (κ1) is 22.1. The molecule has 152 valence electrons. The molecule has 0 bridgehead atoms.